The van der Waals surface area contributed by atoms with Crippen LogP contribution in [0.3, 0.4) is 0 Å². The van der Waals surface area contributed by atoms with Gasteiger partial charge in [-0.3, -0.25) is 14.9 Å². The first-order valence-electron chi connectivity index (χ1n) is 8.21. The fraction of sp³-hybridized carbons (Fsp3) is 0.222. The molecular weight excluding hydrogens is 386 g/mol. The molecular formula is C18H17N3O4S2. The van der Waals surface area contributed by atoms with Gasteiger partial charge in [-0.25, -0.2) is 4.98 Å². The third-order valence-electron chi connectivity index (χ3n) is 3.64. The van der Waals surface area contributed by atoms with E-state index in [0.29, 0.717) is 22.2 Å². The van der Waals surface area contributed by atoms with Crippen LogP contribution in [0.4, 0.5) is 11.4 Å². The molecule has 0 saturated heterocycles. The summed E-state index contributed by atoms with van der Waals surface area (Å²) in [7, 11) is 0. The van der Waals surface area contributed by atoms with E-state index in [4.69, 9.17) is 4.74 Å². The lowest BCUT2D eigenvalue weighted by Gasteiger charge is -2.11. The van der Waals surface area contributed by atoms with Gasteiger partial charge in [0.05, 0.1) is 27.0 Å². The van der Waals surface area contributed by atoms with E-state index >= 15 is 0 Å². The number of nitrogens with one attached hydrogen (secondary N) is 1. The fourth-order valence-corrected chi connectivity index (χ4v) is 4.55. The standard InChI is InChI=1S/C18H17N3O4S2/c1-3-25-14-7-4-12(5-8-14)19-17(22)11(2)26-18-20-15-9-6-13(21(23)24)10-16(15)27-18/h4-11H,3H2,1-2H3,(H,19,22)/t11-/m0/s1. The zero-order valence-corrected chi connectivity index (χ0v) is 16.3. The molecule has 9 heteroatoms. The van der Waals surface area contributed by atoms with Crippen LogP contribution in [-0.4, -0.2) is 27.7 Å². The Morgan fingerprint density at radius 3 is 2.74 bits per heavy atom. The van der Waals surface area contributed by atoms with Gasteiger partial charge in [0.15, 0.2) is 4.34 Å². The number of anilines is 1. The highest BCUT2D eigenvalue weighted by atomic mass is 32.2. The average molecular weight is 403 g/mol. The summed E-state index contributed by atoms with van der Waals surface area (Å²) in [6, 6.07) is 11.7. The molecule has 0 fully saturated rings. The molecule has 3 aromatic rings. The van der Waals surface area contributed by atoms with Gasteiger partial charge >= 0.3 is 0 Å². The number of nitrogens with zero attached hydrogens (tertiary/aromatic N) is 2. The number of thiazole rings is 1. The van der Waals surface area contributed by atoms with Crippen molar-refractivity contribution in [1.82, 2.24) is 4.98 Å². The largest absolute Gasteiger partial charge is 0.494 e. The summed E-state index contributed by atoms with van der Waals surface area (Å²) in [6.45, 7) is 4.29. The second-order valence-electron chi connectivity index (χ2n) is 5.60. The molecule has 2 aromatic carbocycles. The number of amides is 1. The van der Waals surface area contributed by atoms with Crippen LogP contribution in [0.5, 0.6) is 5.75 Å². The summed E-state index contributed by atoms with van der Waals surface area (Å²) in [4.78, 5) is 27.3. The molecule has 3 rings (SSSR count). The van der Waals surface area contributed by atoms with E-state index in [1.807, 2.05) is 6.92 Å². The van der Waals surface area contributed by atoms with Crippen LogP contribution in [0.2, 0.25) is 0 Å². The van der Waals surface area contributed by atoms with Crippen LogP contribution >= 0.6 is 23.1 Å². The minimum atomic E-state index is -0.432. The minimum absolute atomic E-state index is 0.0315. The van der Waals surface area contributed by atoms with E-state index in [-0.39, 0.29) is 16.8 Å². The lowest BCUT2D eigenvalue weighted by atomic mass is 10.3. The topological polar surface area (TPSA) is 94.4 Å². The van der Waals surface area contributed by atoms with Crippen molar-refractivity contribution in [2.45, 2.75) is 23.4 Å². The number of ether oxygens (including phenoxy) is 1. The van der Waals surface area contributed by atoms with Gasteiger partial charge in [0.1, 0.15) is 5.75 Å². The number of rotatable bonds is 7. The van der Waals surface area contributed by atoms with Gasteiger partial charge in [-0.1, -0.05) is 11.8 Å². The van der Waals surface area contributed by atoms with E-state index in [1.54, 1.807) is 37.3 Å². The Morgan fingerprint density at radius 1 is 1.33 bits per heavy atom. The van der Waals surface area contributed by atoms with Crippen molar-refractivity contribution in [3.8, 4) is 5.75 Å². The quantitative estimate of drug-likeness (QED) is 0.348. The van der Waals surface area contributed by atoms with E-state index in [0.717, 1.165) is 10.4 Å². The van der Waals surface area contributed by atoms with Crippen LogP contribution in [-0.2, 0) is 4.79 Å². The van der Waals surface area contributed by atoms with Gasteiger partial charge in [-0.2, -0.15) is 0 Å². The van der Waals surface area contributed by atoms with Crippen molar-refractivity contribution in [1.29, 1.82) is 0 Å². The second kappa shape index (κ2) is 8.36. The number of nitro groups is 1. The highest BCUT2D eigenvalue weighted by Gasteiger charge is 2.18. The molecule has 0 bridgehead atoms. The number of thioether (sulfide) groups is 1. The summed E-state index contributed by atoms with van der Waals surface area (Å²) in [5.74, 6) is 0.607. The average Bonchev–Trinajstić information content (AvgIpc) is 3.04. The number of hydrogen-bond donors (Lipinski definition) is 1. The number of non-ortho nitro benzene ring substituents is 1. The van der Waals surface area contributed by atoms with Gasteiger partial charge < -0.3 is 10.1 Å². The first kappa shape index (κ1) is 19.1. The number of fused-ring (bicyclic) bond motifs is 1. The van der Waals surface area contributed by atoms with Crippen LogP contribution in [0.25, 0.3) is 10.2 Å². The van der Waals surface area contributed by atoms with Gasteiger partial charge in [-0.15, -0.1) is 11.3 Å². The van der Waals surface area contributed by atoms with Crippen LogP contribution in [0, 0.1) is 10.1 Å². The molecule has 1 amide bonds. The van der Waals surface area contributed by atoms with Crippen molar-refractivity contribution < 1.29 is 14.5 Å². The molecule has 0 saturated carbocycles. The summed E-state index contributed by atoms with van der Waals surface area (Å²) in [5.41, 5.74) is 1.41. The lowest BCUT2D eigenvalue weighted by Crippen LogP contribution is -2.22. The summed E-state index contributed by atoms with van der Waals surface area (Å²) in [6.07, 6.45) is 0. The smallest absolute Gasteiger partial charge is 0.270 e. The number of carbonyl (C=O) groups is 1. The molecule has 1 aromatic heterocycles. The van der Waals surface area contributed by atoms with Crippen LogP contribution in [0.1, 0.15) is 13.8 Å². The van der Waals surface area contributed by atoms with Gasteiger partial charge in [0, 0.05) is 17.8 Å². The molecule has 27 heavy (non-hydrogen) atoms. The Labute approximate surface area is 163 Å². The summed E-state index contributed by atoms with van der Waals surface area (Å²) < 4.78 is 6.80. The molecule has 7 nitrogen and oxygen atoms in total. The van der Waals surface area contributed by atoms with Crippen molar-refractivity contribution in [2.75, 3.05) is 11.9 Å². The minimum Gasteiger partial charge on any atom is -0.494 e. The third kappa shape index (κ3) is 4.75. The predicted octanol–water partition coefficient (Wildman–Crippen LogP) is 4.72. The van der Waals surface area contributed by atoms with Gasteiger partial charge in [0.25, 0.3) is 5.69 Å². The number of carbonyl (C=O) groups excluding carboxylic acids is 1. The molecule has 140 valence electrons. The van der Waals surface area contributed by atoms with Crippen LogP contribution in [0.15, 0.2) is 46.8 Å². The Balaban J connectivity index is 1.65. The molecule has 1 N–H and O–H groups in total. The van der Waals surface area contributed by atoms with Crippen molar-refractivity contribution in [3.05, 3.63) is 52.6 Å². The molecule has 0 unspecified atom stereocenters. The number of nitro benzene ring substituents is 1. The van der Waals surface area contributed by atoms with Crippen molar-refractivity contribution in [2.24, 2.45) is 0 Å². The maximum Gasteiger partial charge on any atom is 0.270 e. The molecule has 0 spiro atoms. The third-order valence-corrected chi connectivity index (χ3v) is 5.85. The molecule has 0 radical (unpaired) electrons. The Hall–Kier alpha value is -2.65. The van der Waals surface area contributed by atoms with E-state index < -0.39 is 4.92 Å². The second-order valence-corrected chi connectivity index (χ2v) is 8.21. The number of hydrogen-bond acceptors (Lipinski definition) is 7. The summed E-state index contributed by atoms with van der Waals surface area (Å²) >= 11 is 2.66. The SMILES string of the molecule is CCOc1ccc(NC(=O)[C@H](C)Sc2nc3ccc([N+](=O)[O-])cc3s2)cc1. The summed E-state index contributed by atoms with van der Waals surface area (Å²) in [5, 5.41) is 13.4. The highest BCUT2D eigenvalue weighted by molar-refractivity contribution is 8.02. The number of aromatic nitrogens is 1. The monoisotopic (exact) mass is 403 g/mol. The molecule has 0 aliphatic rings. The van der Waals surface area contributed by atoms with Crippen LogP contribution < -0.4 is 10.1 Å². The van der Waals surface area contributed by atoms with E-state index in [2.05, 4.69) is 10.3 Å². The van der Waals surface area contributed by atoms with Crippen molar-refractivity contribution in [3.63, 3.8) is 0 Å². The van der Waals surface area contributed by atoms with E-state index in [1.165, 1.54) is 35.2 Å². The molecule has 1 atom stereocenters. The molecule has 0 aliphatic carbocycles. The fourth-order valence-electron chi connectivity index (χ4n) is 2.31. The molecule has 1 heterocycles. The highest BCUT2D eigenvalue weighted by Crippen LogP contribution is 2.34. The lowest BCUT2D eigenvalue weighted by molar-refractivity contribution is -0.384. The Morgan fingerprint density at radius 2 is 2.07 bits per heavy atom. The first-order valence-corrected chi connectivity index (χ1v) is 9.91. The Bertz CT molecular complexity index is 972. The molecule has 0 aliphatic heterocycles. The maximum absolute atomic E-state index is 12.4. The zero-order valence-electron chi connectivity index (χ0n) is 14.7. The van der Waals surface area contributed by atoms with E-state index in [9.17, 15) is 14.9 Å². The normalized spacial score (nSPS) is 11.9. The predicted molar refractivity (Wildman–Crippen MR) is 108 cm³/mol. The number of benzene rings is 2. The van der Waals surface area contributed by atoms with Crippen molar-refractivity contribution >= 4 is 50.6 Å². The van der Waals surface area contributed by atoms with Gasteiger partial charge in [-0.05, 0) is 44.2 Å². The van der Waals surface area contributed by atoms with Gasteiger partial charge in [0.2, 0.25) is 5.91 Å². The first-order chi connectivity index (χ1) is 13.0. The maximum atomic E-state index is 12.4. The Kier molecular flexibility index (Phi) is 5.92. The zero-order chi connectivity index (χ0) is 19.4.